The van der Waals surface area contributed by atoms with Crippen molar-refractivity contribution in [2.75, 3.05) is 0 Å². The molecule has 2 aliphatic carbocycles. The van der Waals surface area contributed by atoms with Gasteiger partial charge in [-0.25, -0.2) is 0 Å². The normalized spacial score (nSPS) is 37.3. The molecule has 1 saturated carbocycles. The van der Waals surface area contributed by atoms with Crippen LogP contribution in [0, 0.1) is 23.7 Å². The van der Waals surface area contributed by atoms with Gasteiger partial charge in [0.25, 0.3) is 0 Å². The summed E-state index contributed by atoms with van der Waals surface area (Å²) in [5.41, 5.74) is 0. The first-order chi connectivity index (χ1) is 7.13. The van der Waals surface area contributed by atoms with Gasteiger partial charge >= 0.3 is 5.97 Å². The van der Waals surface area contributed by atoms with E-state index in [9.17, 15) is 9.59 Å². The first-order valence-corrected chi connectivity index (χ1v) is 5.47. The Balaban J connectivity index is 2.11. The maximum Gasteiger partial charge on any atom is 0.310 e. The zero-order valence-electron chi connectivity index (χ0n) is 9.05. The Hall–Kier alpha value is -1.12. The van der Waals surface area contributed by atoms with Crippen LogP contribution in [0.5, 0.6) is 0 Å². The van der Waals surface area contributed by atoms with E-state index in [1.807, 2.05) is 13.8 Å². The van der Waals surface area contributed by atoms with E-state index in [4.69, 9.17) is 4.74 Å². The topological polar surface area (TPSA) is 43.4 Å². The fraction of sp³-hybridized carbons (Fsp3) is 0.667. The second-order valence-electron chi connectivity index (χ2n) is 4.67. The van der Waals surface area contributed by atoms with Crippen molar-refractivity contribution in [3.8, 4) is 0 Å². The number of rotatable bonds is 3. The third-order valence-electron chi connectivity index (χ3n) is 3.30. The summed E-state index contributed by atoms with van der Waals surface area (Å²) in [6.45, 7) is 3.66. The first-order valence-electron chi connectivity index (χ1n) is 5.47. The Morgan fingerprint density at radius 1 is 1.40 bits per heavy atom. The van der Waals surface area contributed by atoms with E-state index in [0.29, 0.717) is 0 Å². The number of hydrogen-bond acceptors (Lipinski definition) is 3. The summed E-state index contributed by atoms with van der Waals surface area (Å²) in [5.74, 6) is -0.126. The monoisotopic (exact) mass is 208 g/mol. The third-order valence-corrected chi connectivity index (χ3v) is 3.30. The van der Waals surface area contributed by atoms with E-state index in [0.717, 1.165) is 12.7 Å². The van der Waals surface area contributed by atoms with Crippen LogP contribution in [0.3, 0.4) is 0 Å². The van der Waals surface area contributed by atoms with Gasteiger partial charge in [0.1, 0.15) is 6.29 Å². The van der Waals surface area contributed by atoms with E-state index < -0.39 is 0 Å². The second kappa shape index (κ2) is 3.80. The van der Waals surface area contributed by atoms with Crippen LogP contribution in [0.2, 0.25) is 0 Å². The molecule has 0 aromatic carbocycles. The number of hydrogen-bond donors (Lipinski definition) is 0. The highest BCUT2D eigenvalue weighted by Gasteiger charge is 2.48. The van der Waals surface area contributed by atoms with Gasteiger partial charge < -0.3 is 9.53 Å². The molecular formula is C12H16O3. The Bertz CT molecular complexity index is 306. The molecule has 4 atom stereocenters. The number of carbonyl (C=O) groups excluding carboxylic acids is 2. The van der Waals surface area contributed by atoms with E-state index in [1.54, 1.807) is 0 Å². The van der Waals surface area contributed by atoms with E-state index in [2.05, 4.69) is 12.2 Å². The molecule has 0 saturated heterocycles. The average Bonchev–Trinajstić information content (AvgIpc) is 2.74. The smallest absolute Gasteiger partial charge is 0.310 e. The highest BCUT2D eigenvalue weighted by atomic mass is 16.5. The Labute approximate surface area is 89.5 Å². The van der Waals surface area contributed by atoms with Crippen LogP contribution >= 0.6 is 0 Å². The lowest BCUT2D eigenvalue weighted by atomic mass is 9.84. The van der Waals surface area contributed by atoms with Crippen LogP contribution in [-0.2, 0) is 14.3 Å². The molecule has 3 nitrogen and oxygen atoms in total. The molecule has 0 aliphatic heterocycles. The highest BCUT2D eigenvalue weighted by Crippen LogP contribution is 2.47. The number of allylic oxidation sites excluding steroid dienone is 2. The molecule has 0 aromatic rings. The van der Waals surface area contributed by atoms with Gasteiger partial charge in [0.05, 0.1) is 12.0 Å². The van der Waals surface area contributed by atoms with Crippen molar-refractivity contribution in [3.63, 3.8) is 0 Å². The summed E-state index contributed by atoms with van der Waals surface area (Å²) in [5, 5.41) is 0. The van der Waals surface area contributed by atoms with Crippen LogP contribution in [-0.4, -0.2) is 18.4 Å². The van der Waals surface area contributed by atoms with Crippen molar-refractivity contribution < 1.29 is 14.3 Å². The molecule has 0 aromatic heterocycles. The SMILES string of the molecule is CC(C)OC(=O)C1C2C=CC(C2)C1C=O. The van der Waals surface area contributed by atoms with Crippen LogP contribution in [0.15, 0.2) is 12.2 Å². The zero-order chi connectivity index (χ0) is 11.0. The van der Waals surface area contributed by atoms with Gasteiger partial charge in [-0.2, -0.15) is 0 Å². The fourth-order valence-corrected chi connectivity index (χ4v) is 2.69. The molecule has 2 aliphatic rings. The Kier molecular flexibility index (Phi) is 2.63. The fourth-order valence-electron chi connectivity index (χ4n) is 2.69. The molecule has 0 heterocycles. The molecular weight excluding hydrogens is 192 g/mol. The summed E-state index contributed by atoms with van der Waals surface area (Å²) in [4.78, 5) is 22.8. The van der Waals surface area contributed by atoms with Gasteiger partial charge in [0.2, 0.25) is 0 Å². The van der Waals surface area contributed by atoms with Gasteiger partial charge in [0, 0.05) is 5.92 Å². The standard InChI is InChI=1S/C12H16O3/c1-7(2)15-12(14)11-9-4-3-8(5-9)10(11)6-13/h3-4,6-11H,5H2,1-2H3. The molecule has 3 heteroatoms. The largest absolute Gasteiger partial charge is 0.463 e. The van der Waals surface area contributed by atoms with E-state index in [1.165, 1.54) is 0 Å². The van der Waals surface area contributed by atoms with Gasteiger partial charge in [-0.15, -0.1) is 0 Å². The summed E-state index contributed by atoms with van der Waals surface area (Å²) in [6, 6.07) is 0. The first kappa shape index (κ1) is 10.4. The lowest BCUT2D eigenvalue weighted by Crippen LogP contribution is -2.31. The predicted molar refractivity (Wildman–Crippen MR) is 55.0 cm³/mol. The molecule has 0 N–H and O–H groups in total. The quantitative estimate of drug-likeness (QED) is 0.402. The van der Waals surface area contributed by atoms with Crippen molar-refractivity contribution >= 4 is 12.3 Å². The van der Waals surface area contributed by atoms with Crippen molar-refractivity contribution in [3.05, 3.63) is 12.2 Å². The average molecular weight is 208 g/mol. The molecule has 82 valence electrons. The molecule has 1 fully saturated rings. The van der Waals surface area contributed by atoms with Crippen molar-refractivity contribution in [1.82, 2.24) is 0 Å². The van der Waals surface area contributed by atoms with Crippen molar-refractivity contribution in [2.24, 2.45) is 23.7 Å². The van der Waals surface area contributed by atoms with Crippen LogP contribution < -0.4 is 0 Å². The molecule has 2 bridgehead atoms. The number of aldehydes is 1. The minimum absolute atomic E-state index is 0.104. The molecule has 4 unspecified atom stereocenters. The Morgan fingerprint density at radius 3 is 2.67 bits per heavy atom. The number of carbonyl (C=O) groups is 2. The van der Waals surface area contributed by atoms with Crippen LogP contribution in [0.25, 0.3) is 0 Å². The summed E-state index contributed by atoms with van der Waals surface area (Å²) in [6.07, 6.45) is 5.86. The van der Waals surface area contributed by atoms with Crippen molar-refractivity contribution in [2.45, 2.75) is 26.4 Å². The van der Waals surface area contributed by atoms with E-state index in [-0.39, 0.29) is 35.7 Å². The predicted octanol–water partition coefficient (Wildman–Crippen LogP) is 1.58. The lowest BCUT2D eigenvalue weighted by Gasteiger charge is -2.22. The molecule has 0 radical (unpaired) electrons. The highest BCUT2D eigenvalue weighted by molar-refractivity contribution is 5.79. The van der Waals surface area contributed by atoms with Gasteiger partial charge in [-0.05, 0) is 32.1 Å². The molecule has 0 spiro atoms. The number of esters is 1. The van der Waals surface area contributed by atoms with Crippen LogP contribution in [0.4, 0.5) is 0 Å². The van der Waals surface area contributed by atoms with Crippen LogP contribution in [0.1, 0.15) is 20.3 Å². The number of fused-ring (bicyclic) bond motifs is 2. The summed E-state index contributed by atoms with van der Waals surface area (Å²) >= 11 is 0. The Morgan fingerprint density at radius 2 is 2.07 bits per heavy atom. The van der Waals surface area contributed by atoms with Gasteiger partial charge in [0.15, 0.2) is 0 Å². The van der Waals surface area contributed by atoms with E-state index >= 15 is 0 Å². The second-order valence-corrected chi connectivity index (χ2v) is 4.67. The molecule has 0 amide bonds. The minimum Gasteiger partial charge on any atom is -0.463 e. The zero-order valence-corrected chi connectivity index (χ0v) is 9.05. The minimum atomic E-state index is -0.236. The van der Waals surface area contributed by atoms with Gasteiger partial charge in [-0.1, -0.05) is 12.2 Å². The molecule has 2 rings (SSSR count). The van der Waals surface area contributed by atoms with Crippen molar-refractivity contribution in [1.29, 1.82) is 0 Å². The molecule has 15 heavy (non-hydrogen) atoms. The number of ether oxygens (including phenoxy) is 1. The lowest BCUT2D eigenvalue weighted by molar-refractivity contribution is -0.155. The maximum atomic E-state index is 11.8. The van der Waals surface area contributed by atoms with Gasteiger partial charge in [-0.3, -0.25) is 4.79 Å². The third kappa shape index (κ3) is 1.71. The summed E-state index contributed by atoms with van der Waals surface area (Å²) in [7, 11) is 0. The maximum absolute atomic E-state index is 11.8. The summed E-state index contributed by atoms with van der Waals surface area (Å²) < 4.78 is 5.19.